The van der Waals surface area contributed by atoms with Crippen LogP contribution < -0.4 is 4.74 Å². The smallest absolute Gasteiger partial charge is 0.330 e. The Labute approximate surface area is 180 Å². The minimum atomic E-state index is -1.68. The average Bonchev–Trinajstić information content (AvgIpc) is 3.45. The van der Waals surface area contributed by atoms with Gasteiger partial charge in [-0.2, -0.15) is 0 Å². The highest BCUT2D eigenvalue weighted by Gasteiger charge is 2.90. The molecule has 31 heavy (non-hydrogen) atoms. The maximum atomic E-state index is 13.9. The standard InChI is InChI=1S/C26H22O5/c1-3-25(22(27)17-11-6-5-7-12-17)21-20-18-13-9-8-10-16(18)14-15-19(20)31-24(29)26(21,25)23(28)30-4-2/h5-15,21H,3-4H2,1-2H3/t21-,25+,26-/m0/s1. The molecule has 5 rings (SSSR count). The number of rotatable bonds is 5. The van der Waals surface area contributed by atoms with Crippen molar-refractivity contribution in [1.29, 1.82) is 0 Å². The van der Waals surface area contributed by atoms with E-state index in [1.54, 1.807) is 37.3 Å². The molecule has 1 heterocycles. The first kappa shape index (κ1) is 19.5. The quantitative estimate of drug-likeness (QED) is 0.262. The molecule has 0 spiro atoms. The van der Waals surface area contributed by atoms with Gasteiger partial charge in [-0.15, -0.1) is 0 Å². The highest BCUT2D eigenvalue weighted by molar-refractivity contribution is 6.21. The lowest BCUT2D eigenvalue weighted by atomic mass is 9.83. The molecule has 1 fully saturated rings. The SMILES string of the molecule is CCOC(=O)[C@]12C(=O)Oc3ccc4ccccc4c3[C@H]1[C@]2(CC)C(=O)c1ccccc1. The van der Waals surface area contributed by atoms with Gasteiger partial charge in [0.15, 0.2) is 11.2 Å². The van der Waals surface area contributed by atoms with E-state index in [4.69, 9.17) is 9.47 Å². The first-order chi connectivity index (χ1) is 15.0. The Bertz CT molecular complexity index is 1230. The number of carbonyl (C=O) groups excluding carboxylic acids is 3. The maximum absolute atomic E-state index is 13.9. The predicted molar refractivity (Wildman–Crippen MR) is 115 cm³/mol. The lowest BCUT2D eigenvalue weighted by molar-refractivity contribution is -0.162. The molecule has 3 atom stereocenters. The second kappa shape index (κ2) is 6.77. The summed E-state index contributed by atoms with van der Waals surface area (Å²) >= 11 is 0. The molecule has 0 radical (unpaired) electrons. The van der Waals surface area contributed by atoms with Crippen LogP contribution in [0.3, 0.4) is 0 Å². The van der Waals surface area contributed by atoms with E-state index < -0.39 is 28.7 Å². The van der Waals surface area contributed by atoms with Crippen molar-refractivity contribution in [3.63, 3.8) is 0 Å². The number of fused-ring (bicyclic) bond motifs is 5. The summed E-state index contributed by atoms with van der Waals surface area (Å²) in [7, 11) is 0. The van der Waals surface area contributed by atoms with Crippen molar-refractivity contribution >= 4 is 28.5 Å². The molecule has 5 nitrogen and oxygen atoms in total. The fourth-order valence-electron chi connectivity index (χ4n) is 5.57. The van der Waals surface area contributed by atoms with Gasteiger partial charge >= 0.3 is 11.9 Å². The van der Waals surface area contributed by atoms with E-state index in [1.165, 1.54) is 0 Å². The van der Waals surface area contributed by atoms with Gasteiger partial charge < -0.3 is 9.47 Å². The highest BCUT2D eigenvalue weighted by Crippen LogP contribution is 2.80. The molecule has 1 aliphatic heterocycles. The molecule has 2 aliphatic rings. The molecule has 1 saturated carbocycles. The van der Waals surface area contributed by atoms with E-state index in [1.807, 2.05) is 43.3 Å². The third kappa shape index (κ3) is 2.29. The number of ketones is 1. The first-order valence-electron chi connectivity index (χ1n) is 10.5. The van der Waals surface area contributed by atoms with Gasteiger partial charge in [0, 0.05) is 17.0 Å². The van der Waals surface area contributed by atoms with Gasteiger partial charge in [-0.25, -0.2) is 0 Å². The summed E-state index contributed by atoms with van der Waals surface area (Å²) in [5.41, 5.74) is -1.73. The van der Waals surface area contributed by atoms with Crippen molar-refractivity contribution in [3.8, 4) is 5.75 Å². The topological polar surface area (TPSA) is 69.7 Å². The molecular formula is C26H22O5. The van der Waals surface area contributed by atoms with E-state index in [-0.39, 0.29) is 12.4 Å². The zero-order chi connectivity index (χ0) is 21.8. The second-order valence-corrected chi connectivity index (χ2v) is 8.07. The minimum Gasteiger partial charge on any atom is -0.465 e. The summed E-state index contributed by atoms with van der Waals surface area (Å²) in [4.78, 5) is 40.7. The third-order valence-electron chi connectivity index (χ3n) is 6.89. The van der Waals surface area contributed by atoms with Crippen LogP contribution in [0.1, 0.15) is 42.1 Å². The normalized spacial score (nSPS) is 25.9. The zero-order valence-electron chi connectivity index (χ0n) is 17.4. The van der Waals surface area contributed by atoms with Crippen LogP contribution in [0.25, 0.3) is 10.8 Å². The van der Waals surface area contributed by atoms with Crippen molar-refractivity contribution in [1.82, 2.24) is 0 Å². The molecule has 0 aromatic heterocycles. The number of hydrogen-bond acceptors (Lipinski definition) is 5. The predicted octanol–water partition coefficient (Wildman–Crippen LogP) is 4.68. The Morgan fingerprint density at radius 2 is 1.68 bits per heavy atom. The summed E-state index contributed by atoms with van der Waals surface area (Å²) in [6.45, 7) is 3.65. The highest BCUT2D eigenvalue weighted by atomic mass is 16.6. The summed E-state index contributed by atoms with van der Waals surface area (Å²) < 4.78 is 11.1. The molecular weight excluding hydrogens is 392 g/mol. The Hall–Kier alpha value is -3.47. The van der Waals surface area contributed by atoms with E-state index in [0.29, 0.717) is 17.7 Å². The Morgan fingerprint density at radius 1 is 0.968 bits per heavy atom. The Kier molecular flexibility index (Phi) is 4.26. The molecule has 1 aliphatic carbocycles. The maximum Gasteiger partial charge on any atom is 0.330 e. The molecule has 156 valence electrons. The fourth-order valence-corrected chi connectivity index (χ4v) is 5.57. The van der Waals surface area contributed by atoms with Gasteiger partial charge in [0.2, 0.25) is 0 Å². The van der Waals surface area contributed by atoms with Crippen molar-refractivity contribution in [2.45, 2.75) is 26.2 Å². The van der Waals surface area contributed by atoms with Crippen LogP contribution in [0.15, 0.2) is 66.7 Å². The van der Waals surface area contributed by atoms with Crippen molar-refractivity contribution in [2.75, 3.05) is 6.61 Å². The van der Waals surface area contributed by atoms with Gasteiger partial charge in [0.1, 0.15) is 5.75 Å². The van der Waals surface area contributed by atoms with Crippen molar-refractivity contribution in [2.24, 2.45) is 10.8 Å². The number of ether oxygens (including phenoxy) is 2. The van der Waals surface area contributed by atoms with Gasteiger partial charge in [-0.3, -0.25) is 14.4 Å². The molecule has 3 aromatic carbocycles. The summed E-state index contributed by atoms with van der Waals surface area (Å²) in [6, 6.07) is 20.2. The van der Waals surface area contributed by atoms with Gasteiger partial charge in [-0.1, -0.05) is 67.6 Å². The summed E-state index contributed by atoms with van der Waals surface area (Å²) in [5, 5.41) is 1.84. The Morgan fingerprint density at radius 3 is 2.39 bits per heavy atom. The second-order valence-electron chi connectivity index (χ2n) is 8.07. The van der Waals surface area contributed by atoms with E-state index in [2.05, 4.69) is 0 Å². The van der Waals surface area contributed by atoms with Crippen molar-refractivity contribution < 1.29 is 23.9 Å². The van der Waals surface area contributed by atoms with Crippen LogP contribution in [-0.4, -0.2) is 24.3 Å². The van der Waals surface area contributed by atoms with E-state index >= 15 is 0 Å². The first-order valence-corrected chi connectivity index (χ1v) is 10.5. The fraction of sp³-hybridized carbons (Fsp3) is 0.269. The molecule has 0 unspecified atom stereocenters. The van der Waals surface area contributed by atoms with Gasteiger partial charge in [0.25, 0.3) is 0 Å². The molecule has 3 aromatic rings. The van der Waals surface area contributed by atoms with Crippen molar-refractivity contribution in [3.05, 3.63) is 77.9 Å². The third-order valence-corrected chi connectivity index (χ3v) is 6.89. The summed E-state index contributed by atoms with van der Waals surface area (Å²) in [5.74, 6) is -1.85. The molecule has 0 N–H and O–H groups in total. The van der Waals surface area contributed by atoms with Crippen LogP contribution in [0, 0.1) is 10.8 Å². The van der Waals surface area contributed by atoms with E-state index in [0.717, 1.165) is 16.3 Å². The van der Waals surface area contributed by atoms with Gasteiger partial charge in [0.05, 0.1) is 12.0 Å². The van der Waals surface area contributed by atoms with E-state index in [9.17, 15) is 14.4 Å². The molecule has 0 bridgehead atoms. The molecule has 0 saturated heterocycles. The number of esters is 2. The van der Waals surface area contributed by atoms with Crippen LogP contribution >= 0.6 is 0 Å². The zero-order valence-corrected chi connectivity index (χ0v) is 17.4. The number of carbonyl (C=O) groups is 3. The monoisotopic (exact) mass is 414 g/mol. The number of hydrogen-bond donors (Lipinski definition) is 0. The summed E-state index contributed by atoms with van der Waals surface area (Å²) in [6.07, 6.45) is 0.308. The molecule has 0 amide bonds. The Balaban J connectivity index is 1.81. The number of Topliss-reactive ketones (excluding diaryl/α,β-unsaturated/α-hetero) is 1. The van der Waals surface area contributed by atoms with Crippen LogP contribution in [-0.2, 0) is 14.3 Å². The van der Waals surface area contributed by atoms with Crippen LogP contribution in [0.5, 0.6) is 5.75 Å². The van der Waals surface area contributed by atoms with Crippen LogP contribution in [0.2, 0.25) is 0 Å². The lowest BCUT2D eigenvalue weighted by Crippen LogP contribution is -2.40. The van der Waals surface area contributed by atoms with Crippen LogP contribution in [0.4, 0.5) is 0 Å². The van der Waals surface area contributed by atoms with Gasteiger partial charge in [-0.05, 0) is 30.2 Å². The number of benzene rings is 3. The minimum absolute atomic E-state index is 0.113. The largest absolute Gasteiger partial charge is 0.465 e. The molecule has 5 heteroatoms. The lowest BCUT2D eigenvalue weighted by Gasteiger charge is -2.23. The average molecular weight is 414 g/mol.